The number of nitrogens with zero attached hydrogens (tertiary/aromatic N) is 3. The van der Waals surface area contributed by atoms with Gasteiger partial charge in [0.1, 0.15) is 5.75 Å². The Hall–Kier alpha value is -3.22. The molecule has 0 bridgehead atoms. The van der Waals surface area contributed by atoms with Gasteiger partial charge in [-0.3, -0.25) is 15.0 Å². The molecule has 2 heterocycles. The number of azo groups is 1. The van der Waals surface area contributed by atoms with Gasteiger partial charge >= 0.3 is 0 Å². The zero-order valence-electron chi connectivity index (χ0n) is 10.8. The molecule has 0 aliphatic rings. The number of benzene rings is 1. The second-order valence-corrected chi connectivity index (χ2v) is 4.24. The summed E-state index contributed by atoms with van der Waals surface area (Å²) in [6, 6.07) is 11.7. The molecule has 0 spiro atoms. The van der Waals surface area contributed by atoms with Crippen LogP contribution in [0.15, 0.2) is 63.7 Å². The molecule has 3 N–H and O–H groups in total. The number of aromatic nitrogens is 3. The van der Waals surface area contributed by atoms with Crippen LogP contribution in [0.4, 0.5) is 11.5 Å². The Bertz CT molecular complexity index is 836. The fourth-order valence-corrected chi connectivity index (χ4v) is 1.83. The monoisotopic (exact) mass is 281 g/mol. The summed E-state index contributed by atoms with van der Waals surface area (Å²) < 4.78 is 0. The molecule has 0 unspecified atom stereocenters. The molecule has 0 saturated carbocycles. The third kappa shape index (κ3) is 2.71. The fraction of sp³-hybridized carbons (Fsp3) is 0. The van der Waals surface area contributed by atoms with Gasteiger partial charge in [-0.05, 0) is 24.3 Å². The van der Waals surface area contributed by atoms with Gasteiger partial charge in [0.05, 0.1) is 5.69 Å². The summed E-state index contributed by atoms with van der Waals surface area (Å²) in [5.41, 5.74) is 0.818. The number of aromatic hydroxyl groups is 1. The molecule has 0 amide bonds. The molecule has 3 rings (SSSR count). The van der Waals surface area contributed by atoms with E-state index in [1.807, 2.05) is 0 Å². The third-order valence-electron chi connectivity index (χ3n) is 2.79. The molecule has 7 nitrogen and oxygen atoms in total. The number of hydrogen-bond donors (Lipinski definition) is 3. The highest BCUT2D eigenvalue weighted by molar-refractivity contribution is 5.72. The maximum Gasteiger partial charge on any atom is 0.292 e. The van der Waals surface area contributed by atoms with Crippen LogP contribution in [0.25, 0.3) is 11.3 Å². The first-order chi connectivity index (χ1) is 10.2. The van der Waals surface area contributed by atoms with Crippen LogP contribution in [0.1, 0.15) is 0 Å². The van der Waals surface area contributed by atoms with Crippen molar-refractivity contribution in [3.63, 3.8) is 0 Å². The van der Waals surface area contributed by atoms with Crippen molar-refractivity contribution in [2.75, 3.05) is 0 Å². The highest BCUT2D eigenvalue weighted by Crippen LogP contribution is 2.28. The van der Waals surface area contributed by atoms with Gasteiger partial charge in [0.25, 0.3) is 5.56 Å². The number of rotatable bonds is 3. The maximum absolute atomic E-state index is 11.8. The summed E-state index contributed by atoms with van der Waals surface area (Å²) in [5.74, 6) is 0.502. The van der Waals surface area contributed by atoms with Crippen molar-refractivity contribution >= 4 is 11.5 Å². The van der Waals surface area contributed by atoms with Gasteiger partial charge in [-0.15, -0.1) is 10.2 Å². The van der Waals surface area contributed by atoms with E-state index in [2.05, 4.69) is 25.4 Å². The van der Waals surface area contributed by atoms with Crippen LogP contribution in [-0.2, 0) is 0 Å². The zero-order valence-corrected chi connectivity index (χ0v) is 10.8. The highest BCUT2D eigenvalue weighted by Gasteiger charge is 2.12. The minimum absolute atomic E-state index is 0.0992. The van der Waals surface area contributed by atoms with Crippen LogP contribution in [0.3, 0.4) is 0 Å². The first-order valence-electron chi connectivity index (χ1n) is 6.17. The minimum Gasteiger partial charge on any atom is -0.508 e. The summed E-state index contributed by atoms with van der Waals surface area (Å²) in [4.78, 5) is 15.8. The van der Waals surface area contributed by atoms with Crippen LogP contribution in [-0.4, -0.2) is 20.3 Å². The fourth-order valence-electron chi connectivity index (χ4n) is 1.83. The van der Waals surface area contributed by atoms with Crippen LogP contribution in [0, 0.1) is 0 Å². The quantitative estimate of drug-likeness (QED) is 0.642. The molecule has 104 valence electrons. The third-order valence-corrected chi connectivity index (χ3v) is 2.79. The Morgan fingerprint density at radius 2 is 1.95 bits per heavy atom. The van der Waals surface area contributed by atoms with E-state index < -0.39 is 5.56 Å². The van der Waals surface area contributed by atoms with E-state index in [0.29, 0.717) is 17.1 Å². The zero-order chi connectivity index (χ0) is 14.7. The van der Waals surface area contributed by atoms with Gasteiger partial charge < -0.3 is 5.11 Å². The van der Waals surface area contributed by atoms with E-state index in [4.69, 9.17) is 0 Å². The van der Waals surface area contributed by atoms with Crippen molar-refractivity contribution in [3.05, 3.63) is 59.0 Å². The number of hydrogen-bond acceptors (Lipinski definition) is 5. The molecular weight excluding hydrogens is 270 g/mol. The van der Waals surface area contributed by atoms with E-state index in [1.165, 1.54) is 6.07 Å². The van der Waals surface area contributed by atoms with Crippen molar-refractivity contribution in [3.8, 4) is 17.0 Å². The average molecular weight is 281 g/mol. The lowest BCUT2D eigenvalue weighted by Crippen LogP contribution is -1.96. The predicted molar refractivity (Wildman–Crippen MR) is 76.9 cm³/mol. The average Bonchev–Trinajstić information content (AvgIpc) is 2.87. The Labute approximate surface area is 119 Å². The normalized spacial score (nSPS) is 11.0. The van der Waals surface area contributed by atoms with Crippen molar-refractivity contribution in [2.45, 2.75) is 0 Å². The van der Waals surface area contributed by atoms with Crippen molar-refractivity contribution in [1.29, 1.82) is 0 Å². The lowest BCUT2D eigenvalue weighted by atomic mass is 10.1. The number of phenolic OH excluding ortho intramolecular Hbond substituents is 1. The van der Waals surface area contributed by atoms with Crippen LogP contribution < -0.4 is 5.56 Å². The number of H-pyrrole nitrogens is 2. The lowest BCUT2D eigenvalue weighted by Gasteiger charge is -1.99. The second-order valence-electron chi connectivity index (χ2n) is 4.24. The SMILES string of the molecule is O=c1[nH][nH]c(-c2cccc(O)c2)c1N=Nc1ccccn1. The topological polar surface area (TPSA) is 106 Å². The van der Waals surface area contributed by atoms with Crippen LogP contribution in [0.2, 0.25) is 0 Å². The molecule has 0 radical (unpaired) electrons. The number of aromatic amines is 2. The Kier molecular flexibility index (Phi) is 3.30. The minimum atomic E-state index is -0.395. The molecule has 0 aliphatic carbocycles. The molecule has 0 fully saturated rings. The Balaban J connectivity index is 2.02. The lowest BCUT2D eigenvalue weighted by molar-refractivity contribution is 0.475. The Morgan fingerprint density at radius 1 is 1.05 bits per heavy atom. The summed E-state index contributed by atoms with van der Waals surface area (Å²) >= 11 is 0. The molecule has 2 aromatic heterocycles. The van der Waals surface area contributed by atoms with Gasteiger partial charge in [-0.1, -0.05) is 18.2 Å². The molecule has 0 saturated heterocycles. The molecule has 3 aromatic rings. The van der Waals surface area contributed by atoms with E-state index in [-0.39, 0.29) is 11.4 Å². The van der Waals surface area contributed by atoms with Gasteiger partial charge in [-0.2, -0.15) is 0 Å². The summed E-state index contributed by atoms with van der Waals surface area (Å²) in [6.45, 7) is 0. The number of pyridine rings is 1. The smallest absolute Gasteiger partial charge is 0.292 e. The van der Waals surface area contributed by atoms with Crippen molar-refractivity contribution in [1.82, 2.24) is 15.2 Å². The predicted octanol–water partition coefficient (Wildman–Crippen LogP) is 2.89. The molecule has 0 atom stereocenters. The van der Waals surface area contributed by atoms with Crippen LogP contribution >= 0.6 is 0 Å². The largest absolute Gasteiger partial charge is 0.508 e. The molecular formula is C14H11N5O2. The summed E-state index contributed by atoms with van der Waals surface area (Å²) in [6.07, 6.45) is 1.59. The van der Waals surface area contributed by atoms with Crippen molar-refractivity contribution in [2.24, 2.45) is 10.2 Å². The van der Waals surface area contributed by atoms with Crippen molar-refractivity contribution < 1.29 is 5.11 Å². The second kappa shape index (κ2) is 5.41. The van der Waals surface area contributed by atoms with E-state index >= 15 is 0 Å². The maximum atomic E-state index is 11.8. The van der Waals surface area contributed by atoms with Gasteiger partial charge in [-0.25, -0.2) is 4.98 Å². The van der Waals surface area contributed by atoms with E-state index in [9.17, 15) is 9.90 Å². The standard InChI is InChI=1S/C14H11N5O2/c20-10-5-3-4-9(8-10)12-13(14(21)19-17-12)18-16-11-6-1-2-7-15-11/h1-8,20H,(H2,17,19,21). The Morgan fingerprint density at radius 3 is 2.71 bits per heavy atom. The van der Waals surface area contributed by atoms with Gasteiger partial charge in [0, 0.05) is 11.8 Å². The van der Waals surface area contributed by atoms with Gasteiger partial charge in [0.2, 0.25) is 0 Å². The molecule has 0 aliphatic heterocycles. The number of nitrogens with one attached hydrogen (secondary N) is 2. The molecule has 21 heavy (non-hydrogen) atoms. The van der Waals surface area contributed by atoms with E-state index in [0.717, 1.165) is 0 Å². The highest BCUT2D eigenvalue weighted by atomic mass is 16.3. The molecule has 7 heteroatoms. The van der Waals surface area contributed by atoms with Gasteiger partial charge in [0.15, 0.2) is 11.5 Å². The van der Waals surface area contributed by atoms with Crippen LogP contribution in [0.5, 0.6) is 5.75 Å². The molecule has 1 aromatic carbocycles. The summed E-state index contributed by atoms with van der Waals surface area (Å²) in [5, 5.41) is 22.6. The number of phenols is 1. The first-order valence-corrected chi connectivity index (χ1v) is 6.17. The van der Waals surface area contributed by atoms with E-state index in [1.54, 1.807) is 42.6 Å². The first kappa shape index (κ1) is 12.8. The summed E-state index contributed by atoms with van der Waals surface area (Å²) in [7, 11) is 0.